The number of rotatable bonds is 0. The zero-order valence-corrected chi connectivity index (χ0v) is 7.58. The minimum Gasteiger partial charge on any atom is -0.508 e. The van der Waals surface area contributed by atoms with Crippen LogP contribution in [-0.2, 0) is 14.3 Å². The summed E-state index contributed by atoms with van der Waals surface area (Å²) in [6.45, 7) is 0. The first-order valence-electron chi connectivity index (χ1n) is 4.00. The van der Waals surface area contributed by atoms with Gasteiger partial charge in [-0.05, 0) is 24.3 Å². The predicted octanol–water partition coefficient (Wildman–Crippen LogP) is 0.724. The number of hydrogen-bond donors (Lipinski definition) is 2. The summed E-state index contributed by atoms with van der Waals surface area (Å²) in [5.41, 5.74) is 0. The molecule has 0 bridgehead atoms. The van der Waals surface area contributed by atoms with Gasteiger partial charge < -0.3 is 14.9 Å². The van der Waals surface area contributed by atoms with Crippen LogP contribution in [0.2, 0.25) is 0 Å². The standard InChI is InChI=1S/C6H6O2.C4H2O3/c7-5-1-2-6(8)4-3-5;5-3-1-2-4(6)7-3/h1-4,7-8H;1-2H. The largest absolute Gasteiger partial charge is 0.508 e. The van der Waals surface area contributed by atoms with E-state index in [4.69, 9.17) is 10.2 Å². The Morgan fingerprint density at radius 1 is 0.800 bits per heavy atom. The molecule has 0 atom stereocenters. The van der Waals surface area contributed by atoms with Crippen LogP contribution < -0.4 is 0 Å². The Morgan fingerprint density at radius 2 is 1.13 bits per heavy atom. The second-order valence-electron chi connectivity index (χ2n) is 2.59. The highest BCUT2D eigenvalue weighted by atomic mass is 16.6. The van der Waals surface area contributed by atoms with Crippen LogP contribution in [0, 0.1) is 0 Å². The molecule has 0 aromatic heterocycles. The van der Waals surface area contributed by atoms with Gasteiger partial charge in [-0.1, -0.05) is 0 Å². The first kappa shape index (κ1) is 10.8. The molecule has 78 valence electrons. The summed E-state index contributed by atoms with van der Waals surface area (Å²) in [7, 11) is 0. The summed E-state index contributed by atoms with van der Waals surface area (Å²) in [5, 5.41) is 17.3. The molecule has 0 radical (unpaired) electrons. The van der Waals surface area contributed by atoms with Gasteiger partial charge in [0, 0.05) is 12.2 Å². The van der Waals surface area contributed by atoms with E-state index in [1.165, 1.54) is 24.3 Å². The van der Waals surface area contributed by atoms with E-state index in [0.29, 0.717) is 0 Å². The smallest absolute Gasteiger partial charge is 0.338 e. The molecule has 0 spiro atoms. The molecule has 1 aromatic rings. The number of phenols is 2. The average molecular weight is 208 g/mol. The highest BCUT2D eigenvalue weighted by Gasteiger charge is 2.10. The Bertz CT molecular complexity index is 354. The van der Waals surface area contributed by atoms with E-state index >= 15 is 0 Å². The Morgan fingerprint density at radius 3 is 1.33 bits per heavy atom. The lowest BCUT2D eigenvalue weighted by atomic mass is 10.3. The lowest BCUT2D eigenvalue weighted by Gasteiger charge is -1.88. The lowest BCUT2D eigenvalue weighted by molar-refractivity contribution is -0.150. The number of aromatic hydroxyl groups is 2. The fourth-order valence-corrected chi connectivity index (χ4v) is 0.756. The van der Waals surface area contributed by atoms with Crippen molar-refractivity contribution in [3.63, 3.8) is 0 Å². The summed E-state index contributed by atoms with van der Waals surface area (Å²) in [5.74, 6) is -0.819. The van der Waals surface area contributed by atoms with Crippen LogP contribution in [0.3, 0.4) is 0 Å². The maximum atomic E-state index is 9.92. The Hall–Kier alpha value is -2.30. The maximum absolute atomic E-state index is 9.92. The topological polar surface area (TPSA) is 83.8 Å². The molecular weight excluding hydrogens is 200 g/mol. The van der Waals surface area contributed by atoms with E-state index in [9.17, 15) is 9.59 Å². The zero-order valence-electron chi connectivity index (χ0n) is 7.58. The molecule has 2 rings (SSSR count). The van der Waals surface area contributed by atoms with Gasteiger partial charge in [0.05, 0.1) is 0 Å². The number of phenolic OH excluding ortho intramolecular Hbond substituents is 2. The van der Waals surface area contributed by atoms with Gasteiger partial charge in [-0.25, -0.2) is 9.59 Å². The highest BCUT2D eigenvalue weighted by Crippen LogP contribution is 2.13. The predicted molar refractivity (Wildman–Crippen MR) is 50.0 cm³/mol. The van der Waals surface area contributed by atoms with Gasteiger partial charge in [-0.2, -0.15) is 0 Å². The van der Waals surface area contributed by atoms with Gasteiger partial charge in [-0.3, -0.25) is 0 Å². The molecule has 0 saturated carbocycles. The number of cyclic esters (lactones) is 2. The summed E-state index contributed by atoms with van der Waals surface area (Å²) in [6.07, 6.45) is 2.17. The monoisotopic (exact) mass is 208 g/mol. The van der Waals surface area contributed by atoms with Crippen molar-refractivity contribution in [3.05, 3.63) is 36.4 Å². The average Bonchev–Trinajstić information content (AvgIpc) is 2.56. The molecule has 2 N–H and O–H groups in total. The molecule has 5 heteroatoms. The minimum absolute atomic E-state index is 0.169. The van der Waals surface area contributed by atoms with Crippen LogP contribution in [0.5, 0.6) is 11.5 Å². The number of esters is 2. The van der Waals surface area contributed by atoms with Crippen LogP contribution in [0.25, 0.3) is 0 Å². The third kappa shape index (κ3) is 3.95. The zero-order chi connectivity index (χ0) is 11.3. The van der Waals surface area contributed by atoms with Crippen LogP contribution in [-0.4, -0.2) is 22.2 Å². The quantitative estimate of drug-likeness (QED) is 0.373. The van der Waals surface area contributed by atoms with Crippen LogP contribution in [0.1, 0.15) is 0 Å². The van der Waals surface area contributed by atoms with Crippen LogP contribution >= 0.6 is 0 Å². The highest BCUT2D eigenvalue weighted by molar-refractivity contribution is 6.04. The second kappa shape index (κ2) is 4.80. The van der Waals surface area contributed by atoms with Crippen molar-refractivity contribution >= 4 is 11.9 Å². The summed E-state index contributed by atoms with van der Waals surface area (Å²) >= 11 is 0. The first-order valence-corrected chi connectivity index (χ1v) is 4.00. The van der Waals surface area contributed by atoms with Crippen molar-refractivity contribution in [1.29, 1.82) is 0 Å². The Balaban J connectivity index is 0.000000151. The normalized spacial score (nSPS) is 13.1. The van der Waals surface area contributed by atoms with E-state index in [2.05, 4.69) is 4.74 Å². The van der Waals surface area contributed by atoms with Gasteiger partial charge in [0.25, 0.3) is 0 Å². The van der Waals surface area contributed by atoms with Crippen LogP contribution in [0.15, 0.2) is 36.4 Å². The molecule has 0 unspecified atom stereocenters. The molecule has 15 heavy (non-hydrogen) atoms. The third-order valence-corrected chi connectivity index (χ3v) is 1.41. The molecule has 0 amide bonds. The molecule has 1 aliphatic heterocycles. The van der Waals surface area contributed by atoms with E-state index in [1.807, 2.05) is 0 Å². The van der Waals surface area contributed by atoms with Gasteiger partial charge in [0.15, 0.2) is 0 Å². The SMILES string of the molecule is O=C1C=CC(=O)O1.Oc1ccc(O)cc1. The fourth-order valence-electron chi connectivity index (χ4n) is 0.756. The second-order valence-corrected chi connectivity index (χ2v) is 2.59. The number of carbonyl (C=O) groups excluding carboxylic acids is 2. The summed E-state index contributed by atoms with van der Waals surface area (Å²) in [6, 6.07) is 5.70. The molecule has 0 aliphatic carbocycles. The molecule has 5 nitrogen and oxygen atoms in total. The number of ether oxygens (including phenoxy) is 1. The van der Waals surface area contributed by atoms with E-state index in [-0.39, 0.29) is 11.5 Å². The van der Waals surface area contributed by atoms with Gasteiger partial charge in [0.1, 0.15) is 11.5 Å². The number of benzene rings is 1. The maximum Gasteiger partial charge on any atom is 0.338 e. The molecular formula is C10H8O5. The molecule has 1 aromatic carbocycles. The number of carbonyl (C=O) groups is 2. The molecule has 0 saturated heterocycles. The van der Waals surface area contributed by atoms with Crippen molar-refractivity contribution in [2.75, 3.05) is 0 Å². The van der Waals surface area contributed by atoms with Gasteiger partial charge in [-0.15, -0.1) is 0 Å². The van der Waals surface area contributed by atoms with Gasteiger partial charge in [0.2, 0.25) is 0 Å². The summed E-state index contributed by atoms with van der Waals surface area (Å²) in [4.78, 5) is 19.8. The third-order valence-electron chi connectivity index (χ3n) is 1.41. The Labute approximate surface area is 85.2 Å². The lowest BCUT2D eigenvalue weighted by Crippen LogP contribution is -1.96. The molecule has 1 heterocycles. The summed E-state index contributed by atoms with van der Waals surface area (Å²) < 4.78 is 3.97. The van der Waals surface area contributed by atoms with Crippen molar-refractivity contribution in [2.24, 2.45) is 0 Å². The molecule has 1 aliphatic rings. The first-order chi connectivity index (χ1) is 7.08. The van der Waals surface area contributed by atoms with E-state index < -0.39 is 11.9 Å². The van der Waals surface area contributed by atoms with Crippen molar-refractivity contribution in [2.45, 2.75) is 0 Å². The minimum atomic E-state index is -0.579. The number of hydrogen-bond acceptors (Lipinski definition) is 5. The fraction of sp³-hybridized carbons (Fsp3) is 0. The Kier molecular flexibility index (Phi) is 3.45. The van der Waals surface area contributed by atoms with Crippen LogP contribution in [0.4, 0.5) is 0 Å². The van der Waals surface area contributed by atoms with Gasteiger partial charge >= 0.3 is 11.9 Å². The van der Waals surface area contributed by atoms with E-state index in [1.54, 1.807) is 0 Å². The van der Waals surface area contributed by atoms with Crippen molar-refractivity contribution < 1.29 is 24.5 Å². The van der Waals surface area contributed by atoms with E-state index in [0.717, 1.165) is 12.2 Å². The van der Waals surface area contributed by atoms with Crippen molar-refractivity contribution in [3.8, 4) is 11.5 Å². The molecule has 0 fully saturated rings. The van der Waals surface area contributed by atoms with Crippen molar-refractivity contribution in [1.82, 2.24) is 0 Å².